The van der Waals surface area contributed by atoms with Crippen LogP contribution in [0.5, 0.6) is 0 Å². The first kappa shape index (κ1) is 19.8. The fourth-order valence-corrected chi connectivity index (χ4v) is 2.91. The Morgan fingerprint density at radius 3 is 2.25 bits per heavy atom. The Morgan fingerprint density at radius 1 is 1.20 bits per heavy atom. The van der Waals surface area contributed by atoms with E-state index in [1.807, 2.05) is 13.8 Å². The molecule has 0 heterocycles. The first-order valence-corrected chi connectivity index (χ1v) is 8.60. The molecule has 0 saturated carbocycles. The Balaban J connectivity index is 4.32. The van der Waals surface area contributed by atoms with E-state index in [9.17, 15) is 8.42 Å². The lowest BCUT2D eigenvalue weighted by Gasteiger charge is -2.25. The zero-order valence-corrected chi connectivity index (χ0v) is 14.5. The maximum Gasteiger partial charge on any atom is 0.279 e. The Hall–Kier alpha value is -0.210. The van der Waals surface area contributed by atoms with Gasteiger partial charge in [-0.05, 0) is 18.9 Å². The molecule has 1 unspecified atom stereocenters. The van der Waals surface area contributed by atoms with Gasteiger partial charge in [-0.3, -0.25) is 0 Å². The molecule has 0 rings (SSSR count). The highest BCUT2D eigenvalue weighted by Gasteiger charge is 2.24. The van der Waals surface area contributed by atoms with Crippen molar-refractivity contribution in [3.05, 3.63) is 0 Å². The zero-order chi connectivity index (χ0) is 15.8. The van der Waals surface area contributed by atoms with Gasteiger partial charge in [-0.25, -0.2) is 0 Å². The minimum Gasteiger partial charge on any atom is -0.383 e. The van der Waals surface area contributed by atoms with E-state index in [4.69, 9.17) is 4.74 Å². The third-order valence-corrected chi connectivity index (χ3v) is 4.67. The largest absolute Gasteiger partial charge is 0.383 e. The fourth-order valence-electron chi connectivity index (χ4n) is 1.64. The van der Waals surface area contributed by atoms with Gasteiger partial charge in [0.15, 0.2) is 0 Å². The quantitative estimate of drug-likeness (QED) is 0.554. The van der Waals surface area contributed by atoms with Crippen LogP contribution in [0.3, 0.4) is 0 Å². The smallest absolute Gasteiger partial charge is 0.279 e. The van der Waals surface area contributed by atoms with Crippen molar-refractivity contribution in [2.24, 2.45) is 5.92 Å². The molecular formula is C13H31N3O3S. The van der Waals surface area contributed by atoms with Gasteiger partial charge in [0.25, 0.3) is 10.2 Å². The maximum atomic E-state index is 12.2. The average molecular weight is 309 g/mol. The number of nitrogens with one attached hydrogen (secondary N) is 2. The third kappa shape index (κ3) is 8.16. The molecule has 0 aromatic rings. The normalized spacial score (nSPS) is 14.4. The molecule has 0 saturated heterocycles. The molecule has 0 amide bonds. The molecule has 0 bridgehead atoms. The van der Waals surface area contributed by atoms with Crippen LogP contribution < -0.4 is 10.0 Å². The van der Waals surface area contributed by atoms with Crippen LogP contribution in [0.15, 0.2) is 0 Å². The Morgan fingerprint density at radius 2 is 1.80 bits per heavy atom. The van der Waals surface area contributed by atoms with E-state index in [-0.39, 0.29) is 12.0 Å². The van der Waals surface area contributed by atoms with E-state index in [2.05, 4.69) is 23.9 Å². The SMILES string of the molecule is COCC(NS(=O)(=O)N(C)CCCNC(C)C)C(C)C. The molecule has 0 aliphatic rings. The predicted molar refractivity (Wildman–Crippen MR) is 82.9 cm³/mol. The van der Waals surface area contributed by atoms with Crippen LogP contribution >= 0.6 is 0 Å². The molecule has 0 aliphatic heterocycles. The molecule has 0 radical (unpaired) electrons. The number of nitrogens with zero attached hydrogens (tertiary/aromatic N) is 1. The topological polar surface area (TPSA) is 70.7 Å². The van der Waals surface area contributed by atoms with Gasteiger partial charge in [-0.2, -0.15) is 17.4 Å². The van der Waals surface area contributed by atoms with Crippen molar-refractivity contribution < 1.29 is 13.2 Å². The average Bonchev–Trinajstić information content (AvgIpc) is 2.33. The lowest BCUT2D eigenvalue weighted by molar-refractivity contribution is 0.156. The Bertz CT molecular complexity index is 345. The number of rotatable bonds is 11. The lowest BCUT2D eigenvalue weighted by atomic mass is 10.1. The van der Waals surface area contributed by atoms with E-state index in [0.717, 1.165) is 13.0 Å². The number of ether oxygens (including phenoxy) is 1. The van der Waals surface area contributed by atoms with Gasteiger partial charge in [-0.1, -0.05) is 27.7 Å². The molecule has 0 aliphatic carbocycles. The number of hydrogen-bond acceptors (Lipinski definition) is 4. The minimum atomic E-state index is -3.45. The molecule has 0 fully saturated rings. The highest BCUT2D eigenvalue weighted by molar-refractivity contribution is 7.87. The number of hydrogen-bond donors (Lipinski definition) is 2. The van der Waals surface area contributed by atoms with Crippen LogP contribution in [0.25, 0.3) is 0 Å². The molecule has 20 heavy (non-hydrogen) atoms. The summed E-state index contributed by atoms with van der Waals surface area (Å²) in [5, 5.41) is 3.27. The summed E-state index contributed by atoms with van der Waals surface area (Å²) in [6, 6.07) is 0.211. The highest BCUT2D eigenvalue weighted by Crippen LogP contribution is 2.06. The summed E-state index contributed by atoms with van der Waals surface area (Å²) in [6.07, 6.45) is 0.784. The molecular weight excluding hydrogens is 278 g/mol. The summed E-state index contributed by atoms with van der Waals surface area (Å²) in [7, 11) is -0.278. The molecule has 1 atom stereocenters. The second-order valence-corrected chi connectivity index (χ2v) is 7.52. The summed E-state index contributed by atoms with van der Waals surface area (Å²) in [4.78, 5) is 0. The maximum absolute atomic E-state index is 12.2. The standard InChI is InChI=1S/C13H31N3O3S/c1-11(2)13(10-19-6)15-20(17,18)16(5)9-7-8-14-12(3)4/h11-15H,7-10H2,1-6H3. The van der Waals surface area contributed by atoms with E-state index >= 15 is 0 Å². The van der Waals surface area contributed by atoms with Crippen LogP contribution in [0.1, 0.15) is 34.1 Å². The highest BCUT2D eigenvalue weighted by atomic mass is 32.2. The van der Waals surface area contributed by atoms with Crippen molar-refractivity contribution in [3.8, 4) is 0 Å². The molecule has 122 valence electrons. The van der Waals surface area contributed by atoms with Gasteiger partial charge < -0.3 is 10.1 Å². The predicted octanol–water partition coefficient (Wildman–Crippen LogP) is 0.812. The Labute approximate surface area is 124 Å². The first-order chi connectivity index (χ1) is 9.20. The van der Waals surface area contributed by atoms with Gasteiger partial charge in [0.2, 0.25) is 0 Å². The van der Waals surface area contributed by atoms with E-state index in [0.29, 0.717) is 19.2 Å². The summed E-state index contributed by atoms with van der Waals surface area (Å²) in [6.45, 7) is 9.76. The van der Waals surface area contributed by atoms with Crippen LogP contribution in [0, 0.1) is 5.92 Å². The lowest BCUT2D eigenvalue weighted by Crippen LogP contribution is -2.48. The Kier molecular flexibility index (Phi) is 9.58. The number of methoxy groups -OCH3 is 1. The summed E-state index contributed by atoms with van der Waals surface area (Å²) in [5.41, 5.74) is 0. The zero-order valence-electron chi connectivity index (χ0n) is 13.6. The van der Waals surface area contributed by atoms with Crippen LogP contribution in [0.4, 0.5) is 0 Å². The monoisotopic (exact) mass is 309 g/mol. The van der Waals surface area contributed by atoms with Crippen molar-refractivity contribution >= 4 is 10.2 Å². The van der Waals surface area contributed by atoms with Crippen LogP contribution in [0.2, 0.25) is 0 Å². The summed E-state index contributed by atoms with van der Waals surface area (Å²) < 4.78 is 33.5. The van der Waals surface area contributed by atoms with E-state index < -0.39 is 10.2 Å². The van der Waals surface area contributed by atoms with Crippen molar-refractivity contribution in [2.75, 3.05) is 33.9 Å². The van der Waals surface area contributed by atoms with Gasteiger partial charge in [0.05, 0.1) is 6.61 Å². The van der Waals surface area contributed by atoms with Crippen molar-refractivity contribution in [2.45, 2.75) is 46.2 Å². The van der Waals surface area contributed by atoms with Gasteiger partial charge in [0, 0.05) is 32.8 Å². The molecule has 0 aromatic heterocycles. The van der Waals surface area contributed by atoms with Crippen molar-refractivity contribution in [1.29, 1.82) is 0 Å². The molecule has 2 N–H and O–H groups in total. The second kappa shape index (κ2) is 9.68. The summed E-state index contributed by atoms with van der Waals surface area (Å²) >= 11 is 0. The van der Waals surface area contributed by atoms with E-state index in [1.54, 1.807) is 14.2 Å². The van der Waals surface area contributed by atoms with Gasteiger partial charge in [0.1, 0.15) is 0 Å². The minimum absolute atomic E-state index is 0.181. The molecule has 0 aromatic carbocycles. The van der Waals surface area contributed by atoms with Gasteiger partial charge in [-0.15, -0.1) is 0 Å². The fraction of sp³-hybridized carbons (Fsp3) is 1.00. The van der Waals surface area contributed by atoms with Crippen LogP contribution in [-0.2, 0) is 14.9 Å². The summed E-state index contributed by atoms with van der Waals surface area (Å²) in [5.74, 6) is 0.181. The van der Waals surface area contributed by atoms with Crippen molar-refractivity contribution in [3.63, 3.8) is 0 Å². The van der Waals surface area contributed by atoms with E-state index in [1.165, 1.54) is 4.31 Å². The molecule has 0 spiro atoms. The molecule has 7 heteroatoms. The third-order valence-electron chi connectivity index (χ3n) is 3.06. The van der Waals surface area contributed by atoms with Crippen LogP contribution in [-0.4, -0.2) is 58.7 Å². The van der Waals surface area contributed by atoms with Crippen molar-refractivity contribution in [1.82, 2.24) is 14.3 Å². The second-order valence-electron chi connectivity index (χ2n) is 5.71. The molecule has 6 nitrogen and oxygen atoms in total. The first-order valence-electron chi connectivity index (χ1n) is 7.16. The van der Waals surface area contributed by atoms with Gasteiger partial charge >= 0.3 is 0 Å².